The van der Waals surface area contributed by atoms with Crippen molar-refractivity contribution in [3.8, 4) is 0 Å². The van der Waals surface area contributed by atoms with Gasteiger partial charge in [-0.2, -0.15) is 13.2 Å². The van der Waals surface area contributed by atoms with Gasteiger partial charge < -0.3 is 15.4 Å². The first kappa shape index (κ1) is 24.2. The lowest BCUT2D eigenvalue weighted by molar-refractivity contribution is -0.137. The number of halogens is 3. The minimum Gasteiger partial charge on any atom is -0.462 e. The Balaban J connectivity index is 1.53. The Morgan fingerprint density at radius 2 is 1.85 bits per heavy atom. The summed E-state index contributed by atoms with van der Waals surface area (Å²) in [6.45, 7) is 2.37. The van der Waals surface area contributed by atoms with Gasteiger partial charge in [-0.05, 0) is 48.9 Å². The van der Waals surface area contributed by atoms with Crippen LogP contribution in [0.1, 0.15) is 41.4 Å². The Kier molecular flexibility index (Phi) is 8.05. The van der Waals surface area contributed by atoms with Gasteiger partial charge in [-0.1, -0.05) is 19.4 Å². The number of thiazole rings is 1. The molecule has 174 valence electrons. The smallest absolute Gasteiger partial charge is 0.416 e. The molecule has 0 aliphatic rings. The van der Waals surface area contributed by atoms with Crippen molar-refractivity contribution in [1.29, 1.82) is 0 Å². The van der Waals surface area contributed by atoms with Crippen molar-refractivity contribution in [2.75, 3.05) is 17.2 Å². The molecule has 0 aliphatic carbocycles. The number of ether oxygens (including phenoxy) is 1. The fourth-order valence-corrected chi connectivity index (χ4v) is 3.52. The lowest BCUT2D eigenvalue weighted by Crippen LogP contribution is -2.15. The molecule has 10 heteroatoms. The standard InChI is InChI=1S/C23H22F3N3O3S/c1-2-3-11-32-21(31)15-7-9-17(10-8-15)27-20(30)13-19-14-33-22(29-19)28-18-6-4-5-16(12-18)23(24,25)26/h4-10,12,14H,2-3,11,13H2,1H3,(H,27,30)(H,28,29). The highest BCUT2D eigenvalue weighted by Gasteiger charge is 2.30. The van der Waals surface area contributed by atoms with E-state index in [1.54, 1.807) is 29.6 Å². The lowest BCUT2D eigenvalue weighted by atomic mass is 10.2. The molecule has 0 aliphatic heterocycles. The molecule has 2 aromatic carbocycles. The molecule has 1 aromatic heterocycles. The molecule has 1 heterocycles. The van der Waals surface area contributed by atoms with Gasteiger partial charge in [0.05, 0.1) is 29.8 Å². The van der Waals surface area contributed by atoms with Crippen LogP contribution in [0.4, 0.5) is 29.7 Å². The molecule has 1 amide bonds. The van der Waals surface area contributed by atoms with Crippen molar-refractivity contribution in [2.24, 2.45) is 0 Å². The van der Waals surface area contributed by atoms with Crippen molar-refractivity contribution >= 4 is 39.7 Å². The second kappa shape index (κ2) is 11.0. The largest absolute Gasteiger partial charge is 0.462 e. The zero-order valence-corrected chi connectivity index (χ0v) is 18.6. The molecule has 0 saturated carbocycles. The normalized spacial score (nSPS) is 11.2. The number of carbonyl (C=O) groups excluding carboxylic acids is 2. The number of aromatic nitrogens is 1. The van der Waals surface area contributed by atoms with Gasteiger partial charge in [0, 0.05) is 16.8 Å². The van der Waals surface area contributed by atoms with Crippen LogP contribution in [0.5, 0.6) is 0 Å². The van der Waals surface area contributed by atoms with Crippen molar-refractivity contribution in [1.82, 2.24) is 4.98 Å². The number of benzene rings is 2. The third-order valence-corrected chi connectivity index (χ3v) is 5.28. The van der Waals surface area contributed by atoms with Gasteiger partial charge in [0.2, 0.25) is 5.91 Å². The maximum Gasteiger partial charge on any atom is 0.416 e. The van der Waals surface area contributed by atoms with E-state index in [0.717, 1.165) is 25.0 Å². The van der Waals surface area contributed by atoms with Crippen LogP contribution in [-0.4, -0.2) is 23.5 Å². The van der Waals surface area contributed by atoms with Crippen molar-refractivity contribution in [3.63, 3.8) is 0 Å². The van der Waals surface area contributed by atoms with Crippen molar-refractivity contribution in [3.05, 3.63) is 70.7 Å². The third kappa shape index (κ3) is 7.31. The number of esters is 1. The summed E-state index contributed by atoms with van der Waals surface area (Å²) >= 11 is 1.18. The highest BCUT2D eigenvalue weighted by atomic mass is 32.1. The average molecular weight is 478 g/mol. The number of alkyl halides is 3. The number of hydrogen-bond donors (Lipinski definition) is 2. The van der Waals surface area contributed by atoms with Crippen molar-refractivity contribution in [2.45, 2.75) is 32.4 Å². The number of nitrogens with zero attached hydrogens (tertiary/aromatic N) is 1. The highest BCUT2D eigenvalue weighted by Crippen LogP contribution is 2.31. The van der Waals surface area contributed by atoms with Gasteiger partial charge in [-0.15, -0.1) is 11.3 Å². The van der Waals surface area contributed by atoms with Crippen LogP contribution in [0.2, 0.25) is 0 Å². The summed E-state index contributed by atoms with van der Waals surface area (Å²) in [6.07, 6.45) is -2.72. The van der Waals surface area contributed by atoms with E-state index in [0.29, 0.717) is 28.7 Å². The summed E-state index contributed by atoms with van der Waals surface area (Å²) in [5, 5.41) is 7.58. The molecule has 0 spiro atoms. The van der Waals surface area contributed by atoms with Gasteiger partial charge >= 0.3 is 12.1 Å². The Labute approximate surface area is 192 Å². The molecule has 6 nitrogen and oxygen atoms in total. The van der Waals surface area contributed by atoms with Crippen LogP contribution in [0.25, 0.3) is 0 Å². The number of hydrogen-bond acceptors (Lipinski definition) is 6. The number of rotatable bonds is 9. The monoisotopic (exact) mass is 477 g/mol. The summed E-state index contributed by atoms with van der Waals surface area (Å²) < 4.78 is 43.7. The number of carbonyl (C=O) groups is 2. The molecule has 0 atom stereocenters. The SMILES string of the molecule is CCCCOC(=O)c1ccc(NC(=O)Cc2csc(Nc3cccc(C(F)(F)F)c3)n2)cc1. The fourth-order valence-electron chi connectivity index (χ4n) is 2.79. The van der Waals surface area contributed by atoms with Gasteiger partial charge in [0.1, 0.15) is 0 Å². The molecule has 0 fully saturated rings. The second-order valence-electron chi connectivity index (χ2n) is 7.14. The Bertz CT molecular complexity index is 1100. The average Bonchev–Trinajstić information content (AvgIpc) is 3.20. The first-order valence-electron chi connectivity index (χ1n) is 10.2. The van der Waals surface area contributed by atoms with Crippen LogP contribution in [0.3, 0.4) is 0 Å². The Morgan fingerprint density at radius 1 is 1.09 bits per heavy atom. The van der Waals surface area contributed by atoms with Crippen LogP contribution in [-0.2, 0) is 22.1 Å². The van der Waals surface area contributed by atoms with E-state index in [2.05, 4.69) is 15.6 Å². The Morgan fingerprint density at radius 3 is 2.55 bits per heavy atom. The van der Waals surface area contributed by atoms with E-state index in [4.69, 9.17) is 4.74 Å². The number of unbranched alkanes of at least 4 members (excludes halogenated alkanes) is 1. The van der Waals surface area contributed by atoms with Crippen LogP contribution < -0.4 is 10.6 Å². The van der Waals surface area contributed by atoms with Gasteiger partial charge in [0.15, 0.2) is 5.13 Å². The summed E-state index contributed by atoms with van der Waals surface area (Å²) in [5.74, 6) is -0.728. The second-order valence-corrected chi connectivity index (χ2v) is 8.00. The molecule has 0 bridgehead atoms. The topological polar surface area (TPSA) is 80.3 Å². The fraction of sp³-hybridized carbons (Fsp3) is 0.261. The van der Waals surface area contributed by atoms with Gasteiger partial charge in [0.25, 0.3) is 0 Å². The van der Waals surface area contributed by atoms with Crippen LogP contribution in [0, 0.1) is 0 Å². The molecule has 0 saturated heterocycles. The molecule has 0 unspecified atom stereocenters. The van der Waals surface area contributed by atoms with E-state index in [1.807, 2.05) is 6.92 Å². The zero-order valence-electron chi connectivity index (χ0n) is 17.7. The maximum absolute atomic E-state index is 12.8. The van der Waals surface area contributed by atoms with Crippen LogP contribution in [0.15, 0.2) is 53.9 Å². The number of nitrogens with one attached hydrogen (secondary N) is 2. The molecular weight excluding hydrogens is 455 g/mol. The van der Waals surface area contributed by atoms with Crippen molar-refractivity contribution < 1.29 is 27.5 Å². The van der Waals surface area contributed by atoms with E-state index in [9.17, 15) is 22.8 Å². The number of anilines is 3. The lowest BCUT2D eigenvalue weighted by Gasteiger charge is -2.09. The van der Waals surface area contributed by atoms with Gasteiger partial charge in [-0.3, -0.25) is 4.79 Å². The zero-order chi connectivity index (χ0) is 23.8. The molecule has 2 N–H and O–H groups in total. The van der Waals surface area contributed by atoms with E-state index in [-0.39, 0.29) is 18.0 Å². The van der Waals surface area contributed by atoms with E-state index < -0.39 is 17.7 Å². The quantitative estimate of drug-likeness (QED) is 0.290. The van der Waals surface area contributed by atoms with Gasteiger partial charge in [-0.25, -0.2) is 9.78 Å². The van der Waals surface area contributed by atoms with E-state index >= 15 is 0 Å². The minimum absolute atomic E-state index is 0.0123. The predicted octanol–water partition coefficient (Wildman–Crippen LogP) is 6.04. The maximum atomic E-state index is 12.8. The van der Waals surface area contributed by atoms with E-state index in [1.165, 1.54) is 23.5 Å². The minimum atomic E-state index is -4.43. The third-order valence-electron chi connectivity index (χ3n) is 4.47. The first-order chi connectivity index (χ1) is 15.7. The molecule has 0 radical (unpaired) electrons. The predicted molar refractivity (Wildman–Crippen MR) is 121 cm³/mol. The highest BCUT2D eigenvalue weighted by molar-refractivity contribution is 7.13. The summed E-state index contributed by atoms with van der Waals surface area (Å²) in [4.78, 5) is 28.5. The van der Waals surface area contributed by atoms with Crippen LogP contribution >= 0.6 is 11.3 Å². The Hall–Kier alpha value is -3.40. The molecule has 3 aromatic rings. The summed E-state index contributed by atoms with van der Waals surface area (Å²) in [5.41, 5.74) is 0.882. The number of amides is 1. The summed E-state index contributed by atoms with van der Waals surface area (Å²) in [6, 6.07) is 11.2. The summed E-state index contributed by atoms with van der Waals surface area (Å²) in [7, 11) is 0. The first-order valence-corrected chi connectivity index (χ1v) is 11.1. The molecular formula is C23H22F3N3O3S. The molecule has 33 heavy (non-hydrogen) atoms. The molecule has 3 rings (SSSR count).